The summed E-state index contributed by atoms with van der Waals surface area (Å²) in [4.78, 5) is 41.0. The lowest BCUT2D eigenvalue weighted by atomic mass is 10.1. The Kier molecular flexibility index (Phi) is 20.0. The first kappa shape index (κ1) is 52.3. The monoisotopic (exact) mass is 960 g/mol. The van der Waals surface area contributed by atoms with Gasteiger partial charge in [-0.05, 0) is 70.4 Å². The van der Waals surface area contributed by atoms with Crippen molar-refractivity contribution in [2.45, 2.75) is 104 Å². The van der Waals surface area contributed by atoms with Gasteiger partial charge in [0.25, 0.3) is 0 Å². The minimum atomic E-state index is -1.25. The van der Waals surface area contributed by atoms with E-state index in [9.17, 15) is 14.7 Å². The van der Waals surface area contributed by atoms with E-state index < -0.39 is 28.3 Å². The highest BCUT2D eigenvalue weighted by Gasteiger charge is 2.21. The van der Waals surface area contributed by atoms with Gasteiger partial charge < -0.3 is 33.8 Å². The first-order chi connectivity index (χ1) is 32.7. The van der Waals surface area contributed by atoms with Crippen LogP contribution >= 0.6 is 0 Å². The fourth-order valence-corrected chi connectivity index (χ4v) is 8.61. The van der Waals surface area contributed by atoms with E-state index in [1.54, 1.807) is 0 Å². The number of amides is 2. The summed E-state index contributed by atoms with van der Waals surface area (Å²) >= 11 is 0. The summed E-state index contributed by atoms with van der Waals surface area (Å²) in [5, 5.41) is 20.0. The van der Waals surface area contributed by atoms with Gasteiger partial charge >= 0.3 is 12.2 Å². The Balaban J connectivity index is 0.000000254. The van der Waals surface area contributed by atoms with Crippen LogP contribution in [0, 0.1) is 0 Å². The molecule has 2 heterocycles. The molecule has 0 aliphatic heterocycles. The number of rotatable bonds is 24. The highest BCUT2D eigenvalue weighted by atomic mass is 28.3. The normalized spacial score (nSPS) is 11.3. The van der Waals surface area contributed by atoms with Gasteiger partial charge in [-0.25, -0.2) is 19.6 Å². The van der Waals surface area contributed by atoms with Gasteiger partial charge in [-0.1, -0.05) is 134 Å². The summed E-state index contributed by atoms with van der Waals surface area (Å²) in [6, 6.07) is 32.9. The van der Waals surface area contributed by atoms with Crippen LogP contribution in [0.15, 0.2) is 107 Å². The van der Waals surface area contributed by atoms with E-state index in [1.807, 2.05) is 106 Å². The molecule has 6 aromatic rings. The quantitative estimate of drug-likeness (QED) is 0.0194. The molecule has 18 nitrogen and oxygen atoms in total. The zero-order valence-corrected chi connectivity index (χ0v) is 42.0. The molecule has 0 saturated carbocycles. The average molecular weight is 961 g/mol. The summed E-state index contributed by atoms with van der Waals surface area (Å²) < 4.78 is 21.3. The van der Waals surface area contributed by atoms with E-state index in [1.165, 1.54) is 4.90 Å². The average Bonchev–Trinajstić information content (AvgIpc) is 3.85. The summed E-state index contributed by atoms with van der Waals surface area (Å²) in [6.45, 7) is 17.3. The summed E-state index contributed by atoms with van der Waals surface area (Å²) in [7, 11) is -2.45. The second-order valence-corrected chi connectivity index (χ2v) is 29.9. The van der Waals surface area contributed by atoms with E-state index in [2.05, 4.69) is 64.7 Å². The minimum absolute atomic E-state index is 0.131. The van der Waals surface area contributed by atoms with Gasteiger partial charge in [-0.2, -0.15) is 0 Å². The Hall–Kier alpha value is -6.67. The summed E-state index contributed by atoms with van der Waals surface area (Å²) in [5.74, 6) is 1.30. The van der Waals surface area contributed by atoms with E-state index >= 15 is 0 Å². The summed E-state index contributed by atoms with van der Waals surface area (Å²) in [5.41, 5.74) is 24.5. The van der Waals surface area contributed by atoms with Gasteiger partial charge in [-0.15, -0.1) is 0 Å². The molecule has 0 fully saturated rings. The zero-order chi connectivity index (χ0) is 48.9. The van der Waals surface area contributed by atoms with Crippen LogP contribution in [-0.2, 0) is 66.8 Å². The maximum atomic E-state index is 12.3. The minimum Gasteiger partial charge on any atom is -0.465 e. The number of ether oxygens (including phenoxy) is 3. The third-order valence-corrected chi connectivity index (χ3v) is 14.2. The molecule has 6 rings (SSSR count). The maximum absolute atomic E-state index is 12.3. The van der Waals surface area contributed by atoms with E-state index in [0.717, 1.165) is 56.4 Å². The molecule has 20 heteroatoms. The van der Waals surface area contributed by atoms with Crippen LogP contribution in [0.25, 0.3) is 43.0 Å². The Morgan fingerprint density at radius 1 is 0.706 bits per heavy atom. The standard InChI is InChI=1S/2C24H32N6O3Si/c1-34(2,3)15-14-32-18-30-21-11-7-10-20(12-13-27-29-25)23(21)28-22(30)16-26-24(31)33-17-19-8-5-4-6-9-19;1-34(2,3)15-14-33-18-30-22(17-29(24(31)32)16-19-8-5-4-6-9-19)27-21-11-7-10-20(23(21)30)12-13-26-28-25/h4-11H,12-18H2,1-3H3,(H,26,31);4-11H,12-18H2,1-3H3,(H,31,32). The first-order valence-electron chi connectivity index (χ1n) is 22.7. The molecule has 0 unspecified atom stereocenters. The van der Waals surface area contributed by atoms with E-state index in [0.29, 0.717) is 57.5 Å². The van der Waals surface area contributed by atoms with Crippen molar-refractivity contribution in [3.63, 3.8) is 0 Å². The number of hydrogen-bond acceptors (Lipinski definition) is 9. The predicted octanol–water partition coefficient (Wildman–Crippen LogP) is 11.5. The second-order valence-electron chi connectivity index (χ2n) is 18.6. The number of fused-ring (bicyclic) bond motifs is 2. The number of carbonyl (C=O) groups excluding carboxylic acids is 1. The van der Waals surface area contributed by atoms with Gasteiger partial charge in [0.1, 0.15) is 31.7 Å². The number of hydrogen-bond donors (Lipinski definition) is 2. The molecule has 2 aromatic heterocycles. The third kappa shape index (κ3) is 16.9. The van der Waals surface area contributed by atoms with Crippen molar-refractivity contribution in [3.8, 4) is 0 Å². The molecule has 0 aliphatic rings. The number of nitrogens with zero attached hydrogens (tertiary/aromatic N) is 11. The van der Waals surface area contributed by atoms with Gasteiger partial charge in [0.15, 0.2) is 0 Å². The van der Waals surface area contributed by atoms with Crippen LogP contribution in [0.5, 0.6) is 0 Å². The maximum Gasteiger partial charge on any atom is 0.408 e. The van der Waals surface area contributed by atoms with Crippen molar-refractivity contribution < 1.29 is 28.9 Å². The van der Waals surface area contributed by atoms with Crippen molar-refractivity contribution >= 4 is 50.4 Å². The van der Waals surface area contributed by atoms with Crippen LogP contribution in [-0.4, -0.2) is 83.7 Å². The highest BCUT2D eigenvalue weighted by molar-refractivity contribution is 6.76. The Morgan fingerprint density at radius 3 is 1.88 bits per heavy atom. The molecular formula is C48H64N12O6Si2. The predicted molar refractivity (Wildman–Crippen MR) is 270 cm³/mol. The number of imidazole rings is 2. The highest BCUT2D eigenvalue weighted by Crippen LogP contribution is 2.25. The molecule has 4 aromatic carbocycles. The van der Waals surface area contributed by atoms with Crippen LogP contribution in [0.1, 0.15) is 33.9 Å². The number of para-hydroxylation sites is 2. The number of azide groups is 2. The van der Waals surface area contributed by atoms with Crippen LogP contribution in [0.4, 0.5) is 9.59 Å². The number of carboxylic acid groups (broad SMARTS) is 1. The summed E-state index contributed by atoms with van der Waals surface area (Å²) in [6.07, 6.45) is -0.369. The SMILES string of the molecule is C[Si](C)(C)CCOCn1c(CN(Cc2ccccc2)C(=O)O)nc2cccc(CCN=[N+]=[N-])c21.C[Si](C)(C)CCOCn1c(CNC(=O)OCc2ccccc2)nc2c(CCN=[N+]=[N-])cccc21. The molecule has 0 atom stereocenters. The lowest BCUT2D eigenvalue weighted by Crippen LogP contribution is -2.30. The van der Waals surface area contributed by atoms with Crippen LogP contribution in [0.2, 0.25) is 51.4 Å². The Morgan fingerprint density at radius 2 is 1.28 bits per heavy atom. The molecule has 360 valence electrons. The van der Waals surface area contributed by atoms with Crippen molar-refractivity contribution in [1.29, 1.82) is 0 Å². The van der Waals surface area contributed by atoms with Gasteiger partial charge in [0.05, 0.1) is 35.2 Å². The number of benzene rings is 4. The van der Waals surface area contributed by atoms with Gasteiger partial charge in [0.2, 0.25) is 0 Å². The molecule has 0 radical (unpaired) electrons. The van der Waals surface area contributed by atoms with Crippen molar-refractivity contribution in [3.05, 3.63) is 152 Å². The van der Waals surface area contributed by atoms with E-state index in [-0.39, 0.29) is 33.0 Å². The van der Waals surface area contributed by atoms with Gasteiger partial charge in [-0.3, -0.25) is 4.90 Å². The number of alkyl carbamates (subject to hydrolysis) is 1. The molecule has 68 heavy (non-hydrogen) atoms. The molecule has 0 bridgehead atoms. The molecule has 2 amide bonds. The lowest BCUT2D eigenvalue weighted by Gasteiger charge is -2.21. The number of carbonyl (C=O) groups is 2. The largest absolute Gasteiger partial charge is 0.465 e. The zero-order valence-electron chi connectivity index (χ0n) is 40.0. The fourth-order valence-electron chi connectivity index (χ4n) is 7.09. The molecule has 0 spiro atoms. The molecular weight excluding hydrogens is 897 g/mol. The first-order valence-corrected chi connectivity index (χ1v) is 30.1. The van der Waals surface area contributed by atoms with Crippen molar-refractivity contribution in [2.24, 2.45) is 10.2 Å². The number of aromatic nitrogens is 4. The van der Waals surface area contributed by atoms with Crippen LogP contribution < -0.4 is 5.32 Å². The van der Waals surface area contributed by atoms with Gasteiger partial charge in [0, 0.05) is 58.8 Å². The fraction of sp³-hybridized carbons (Fsp3) is 0.417. The van der Waals surface area contributed by atoms with Crippen LogP contribution in [0.3, 0.4) is 0 Å². The molecule has 2 N–H and O–H groups in total. The van der Waals surface area contributed by atoms with E-state index in [4.69, 9.17) is 35.2 Å². The second kappa shape index (κ2) is 26.0. The lowest BCUT2D eigenvalue weighted by molar-refractivity contribution is 0.0846. The molecule has 0 saturated heterocycles. The number of nitrogens with one attached hydrogen (secondary N) is 1. The van der Waals surface area contributed by atoms with Crippen molar-refractivity contribution in [2.75, 3.05) is 26.3 Å². The molecule has 0 aliphatic carbocycles. The Bertz CT molecular complexity index is 2650. The Labute approximate surface area is 399 Å². The topological polar surface area (TPSA) is 230 Å². The third-order valence-electron chi connectivity index (χ3n) is 10.8. The smallest absolute Gasteiger partial charge is 0.408 e. The van der Waals surface area contributed by atoms with Crippen molar-refractivity contribution in [1.82, 2.24) is 29.3 Å².